The third kappa shape index (κ3) is 4.57. The molecular formula is C16H18N2O3. The third-order valence-corrected chi connectivity index (χ3v) is 2.92. The molecule has 0 saturated carbocycles. The van der Waals surface area contributed by atoms with Crippen LogP contribution < -0.4 is 10.1 Å². The first-order valence-corrected chi connectivity index (χ1v) is 6.65. The summed E-state index contributed by atoms with van der Waals surface area (Å²) in [6.07, 6.45) is 1.05. The highest BCUT2D eigenvalue weighted by atomic mass is 16.5. The highest BCUT2D eigenvalue weighted by Gasteiger charge is 2.14. The van der Waals surface area contributed by atoms with Crippen LogP contribution in [-0.2, 0) is 16.1 Å². The Morgan fingerprint density at radius 2 is 2.14 bits per heavy atom. The number of carbonyl (C=O) groups is 1. The summed E-state index contributed by atoms with van der Waals surface area (Å²) in [5, 5.41) is 2.70. The van der Waals surface area contributed by atoms with Gasteiger partial charge in [0.25, 0.3) is 5.91 Å². The van der Waals surface area contributed by atoms with Gasteiger partial charge >= 0.3 is 0 Å². The average Bonchev–Trinajstić information content (AvgIpc) is 2.53. The Morgan fingerprint density at radius 1 is 1.29 bits per heavy atom. The van der Waals surface area contributed by atoms with Crippen molar-refractivity contribution < 1.29 is 14.3 Å². The molecule has 0 fully saturated rings. The lowest BCUT2D eigenvalue weighted by Crippen LogP contribution is -2.27. The molecule has 110 valence electrons. The van der Waals surface area contributed by atoms with E-state index >= 15 is 0 Å². The van der Waals surface area contributed by atoms with Gasteiger partial charge in [0, 0.05) is 6.20 Å². The number of carbonyl (C=O) groups excluding carboxylic acids is 1. The minimum absolute atomic E-state index is 0.225. The van der Waals surface area contributed by atoms with Crippen LogP contribution in [0.25, 0.3) is 0 Å². The van der Waals surface area contributed by atoms with E-state index in [9.17, 15) is 4.79 Å². The van der Waals surface area contributed by atoms with Crippen LogP contribution >= 0.6 is 0 Å². The molecule has 2 aromatic rings. The first kappa shape index (κ1) is 15.0. The van der Waals surface area contributed by atoms with Crippen LogP contribution in [0.2, 0.25) is 0 Å². The van der Waals surface area contributed by atoms with Crippen molar-refractivity contribution in [3.63, 3.8) is 0 Å². The summed E-state index contributed by atoms with van der Waals surface area (Å²) in [5.74, 6) is 1.05. The summed E-state index contributed by atoms with van der Waals surface area (Å²) in [7, 11) is 1.61. The molecule has 1 aromatic carbocycles. The number of rotatable bonds is 6. The van der Waals surface area contributed by atoms with Crippen molar-refractivity contribution in [3.05, 3.63) is 54.2 Å². The molecule has 1 N–H and O–H groups in total. The monoisotopic (exact) mass is 286 g/mol. The first-order valence-electron chi connectivity index (χ1n) is 6.65. The number of nitrogens with one attached hydrogen (secondary N) is 1. The molecule has 0 unspecified atom stereocenters. The summed E-state index contributed by atoms with van der Waals surface area (Å²) >= 11 is 0. The largest absolute Gasteiger partial charge is 0.497 e. The number of ether oxygens (including phenoxy) is 2. The Kier molecular flexibility index (Phi) is 5.29. The van der Waals surface area contributed by atoms with E-state index in [-0.39, 0.29) is 5.91 Å². The standard InChI is InChI=1S/C16H18N2O3/c1-12(16(19)18-15-8-3-4-9-17-15)21-11-13-6-5-7-14(10-13)20-2/h3-10,12H,11H2,1-2H3,(H,17,18,19)/t12-/m0/s1. The molecule has 0 bridgehead atoms. The lowest BCUT2D eigenvalue weighted by Gasteiger charge is -2.13. The number of aromatic nitrogens is 1. The van der Waals surface area contributed by atoms with Gasteiger partial charge in [-0.25, -0.2) is 4.98 Å². The topological polar surface area (TPSA) is 60.5 Å². The summed E-state index contributed by atoms with van der Waals surface area (Å²) in [6, 6.07) is 12.9. The SMILES string of the molecule is COc1cccc(CO[C@@H](C)C(=O)Nc2ccccn2)c1. The molecule has 0 aliphatic rings. The van der Waals surface area contributed by atoms with Gasteiger partial charge in [0.15, 0.2) is 0 Å². The van der Waals surface area contributed by atoms with E-state index in [1.54, 1.807) is 32.4 Å². The van der Waals surface area contributed by atoms with E-state index in [1.807, 2.05) is 30.3 Å². The zero-order valence-electron chi connectivity index (χ0n) is 12.1. The van der Waals surface area contributed by atoms with Gasteiger partial charge in [-0.3, -0.25) is 4.79 Å². The second-order valence-electron chi connectivity index (χ2n) is 4.51. The van der Waals surface area contributed by atoms with Gasteiger partial charge in [-0.1, -0.05) is 18.2 Å². The second-order valence-corrected chi connectivity index (χ2v) is 4.51. The Balaban J connectivity index is 1.86. The molecule has 1 heterocycles. The molecule has 5 nitrogen and oxygen atoms in total. The van der Waals surface area contributed by atoms with Gasteiger partial charge in [0.05, 0.1) is 13.7 Å². The lowest BCUT2D eigenvalue weighted by molar-refractivity contribution is -0.127. The fraction of sp³-hybridized carbons (Fsp3) is 0.250. The number of hydrogen-bond acceptors (Lipinski definition) is 4. The molecule has 0 radical (unpaired) electrons. The van der Waals surface area contributed by atoms with Crippen molar-refractivity contribution in [3.8, 4) is 5.75 Å². The van der Waals surface area contributed by atoms with Gasteiger partial charge < -0.3 is 14.8 Å². The van der Waals surface area contributed by atoms with E-state index in [1.165, 1.54) is 0 Å². The maximum absolute atomic E-state index is 12.0. The average molecular weight is 286 g/mol. The number of amides is 1. The number of hydrogen-bond donors (Lipinski definition) is 1. The highest BCUT2D eigenvalue weighted by Crippen LogP contribution is 2.14. The number of pyridine rings is 1. The Bertz CT molecular complexity index is 587. The molecule has 21 heavy (non-hydrogen) atoms. The fourth-order valence-corrected chi connectivity index (χ4v) is 1.72. The van der Waals surface area contributed by atoms with Crippen LogP contribution in [0.4, 0.5) is 5.82 Å². The maximum Gasteiger partial charge on any atom is 0.254 e. The van der Waals surface area contributed by atoms with Crippen molar-refractivity contribution in [2.75, 3.05) is 12.4 Å². The van der Waals surface area contributed by atoms with Crippen molar-refractivity contribution in [1.29, 1.82) is 0 Å². The lowest BCUT2D eigenvalue weighted by atomic mass is 10.2. The van der Waals surface area contributed by atoms with Crippen LogP contribution in [0.5, 0.6) is 5.75 Å². The number of nitrogens with zero attached hydrogens (tertiary/aromatic N) is 1. The molecule has 0 saturated heterocycles. The predicted molar refractivity (Wildman–Crippen MR) is 80.1 cm³/mol. The first-order chi connectivity index (χ1) is 10.2. The molecule has 1 atom stereocenters. The fourth-order valence-electron chi connectivity index (χ4n) is 1.72. The summed E-state index contributed by atoms with van der Waals surface area (Å²) < 4.78 is 10.7. The second kappa shape index (κ2) is 7.40. The summed E-state index contributed by atoms with van der Waals surface area (Å²) in [6.45, 7) is 2.05. The van der Waals surface area contributed by atoms with E-state index in [0.29, 0.717) is 12.4 Å². The quantitative estimate of drug-likeness (QED) is 0.886. The molecule has 0 spiro atoms. The van der Waals surface area contributed by atoms with Crippen molar-refractivity contribution in [2.45, 2.75) is 19.6 Å². The number of methoxy groups -OCH3 is 1. The van der Waals surface area contributed by atoms with E-state index in [0.717, 1.165) is 11.3 Å². The zero-order chi connectivity index (χ0) is 15.1. The normalized spacial score (nSPS) is 11.7. The van der Waals surface area contributed by atoms with Gasteiger partial charge in [-0.2, -0.15) is 0 Å². The van der Waals surface area contributed by atoms with Crippen LogP contribution in [0.15, 0.2) is 48.7 Å². The molecule has 2 rings (SSSR count). The van der Waals surface area contributed by atoms with Gasteiger partial charge in [0.1, 0.15) is 17.7 Å². The van der Waals surface area contributed by atoms with E-state index in [2.05, 4.69) is 10.3 Å². The molecular weight excluding hydrogens is 268 g/mol. The summed E-state index contributed by atoms with van der Waals surface area (Å²) in [4.78, 5) is 16.0. The van der Waals surface area contributed by atoms with Crippen molar-refractivity contribution in [1.82, 2.24) is 4.98 Å². The van der Waals surface area contributed by atoms with E-state index in [4.69, 9.17) is 9.47 Å². The number of benzene rings is 1. The van der Waals surface area contributed by atoms with Crippen molar-refractivity contribution in [2.24, 2.45) is 0 Å². The zero-order valence-corrected chi connectivity index (χ0v) is 12.1. The van der Waals surface area contributed by atoms with Crippen LogP contribution in [-0.4, -0.2) is 24.1 Å². The van der Waals surface area contributed by atoms with Gasteiger partial charge in [-0.15, -0.1) is 0 Å². The summed E-state index contributed by atoms with van der Waals surface area (Å²) in [5.41, 5.74) is 0.951. The molecule has 0 aliphatic carbocycles. The molecule has 1 amide bonds. The maximum atomic E-state index is 12.0. The minimum Gasteiger partial charge on any atom is -0.497 e. The molecule has 5 heteroatoms. The minimum atomic E-state index is -0.571. The van der Waals surface area contributed by atoms with Crippen LogP contribution in [0.3, 0.4) is 0 Å². The molecule has 1 aromatic heterocycles. The highest BCUT2D eigenvalue weighted by molar-refractivity contribution is 5.92. The number of anilines is 1. The Hall–Kier alpha value is -2.40. The Morgan fingerprint density at radius 3 is 2.86 bits per heavy atom. The Labute approximate surface area is 123 Å². The van der Waals surface area contributed by atoms with E-state index < -0.39 is 6.10 Å². The van der Waals surface area contributed by atoms with Crippen LogP contribution in [0.1, 0.15) is 12.5 Å². The molecule has 0 aliphatic heterocycles. The van der Waals surface area contributed by atoms with Crippen LogP contribution in [0, 0.1) is 0 Å². The predicted octanol–water partition coefficient (Wildman–Crippen LogP) is 2.63. The smallest absolute Gasteiger partial charge is 0.254 e. The van der Waals surface area contributed by atoms with Gasteiger partial charge in [-0.05, 0) is 36.8 Å². The third-order valence-electron chi connectivity index (χ3n) is 2.92. The van der Waals surface area contributed by atoms with Crippen molar-refractivity contribution >= 4 is 11.7 Å². The van der Waals surface area contributed by atoms with Gasteiger partial charge in [0.2, 0.25) is 0 Å².